The summed E-state index contributed by atoms with van der Waals surface area (Å²) in [6.07, 6.45) is 7.51. The fourth-order valence-electron chi connectivity index (χ4n) is 5.02. The van der Waals surface area contributed by atoms with Crippen LogP contribution in [0.5, 0.6) is 0 Å². The van der Waals surface area contributed by atoms with Crippen molar-refractivity contribution in [2.45, 2.75) is 39.0 Å². The van der Waals surface area contributed by atoms with Crippen molar-refractivity contribution in [3.63, 3.8) is 0 Å². The molecule has 0 aliphatic rings. The Balaban J connectivity index is 1.39. The normalized spacial score (nSPS) is 11.0. The maximum atomic E-state index is 11.5. The second-order valence-electron chi connectivity index (χ2n) is 10.5. The van der Waals surface area contributed by atoms with E-state index in [9.17, 15) is 4.79 Å². The van der Waals surface area contributed by atoms with Gasteiger partial charge in [-0.3, -0.25) is 4.79 Å². The van der Waals surface area contributed by atoms with Crippen LogP contribution >= 0.6 is 23.2 Å². The number of nitrogens with zero attached hydrogens (tertiary/aromatic N) is 2. The number of carbonyl (C=O) groups excluding carboxylic acids is 1. The summed E-state index contributed by atoms with van der Waals surface area (Å²) in [4.78, 5) is 16.5. The number of hydrogen-bond donors (Lipinski definition) is 1. The van der Waals surface area contributed by atoms with Crippen LogP contribution in [0.2, 0.25) is 10.0 Å². The van der Waals surface area contributed by atoms with Crippen LogP contribution in [0.3, 0.4) is 0 Å². The van der Waals surface area contributed by atoms with Crippen molar-refractivity contribution in [1.29, 1.82) is 0 Å². The van der Waals surface area contributed by atoms with Crippen molar-refractivity contribution in [2.24, 2.45) is 0 Å². The average Bonchev–Trinajstić information content (AvgIpc) is 3.44. The van der Waals surface area contributed by atoms with Gasteiger partial charge in [0.2, 0.25) is 0 Å². The van der Waals surface area contributed by atoms with Crippen molar-refractivity contribution in [1.82, 2.24) is 9.55 Å². The molecule has 1 N–H and O–H groups in total. The zero-order chi connectivity index (χ0) is 30.2. The minimum Gasteiger partial charge on any atom is -0.468 e. The number of benzene rings is 4. The minimum atomic E-state index is -0.323. The lowest BCUT2D eigenvalue weighted by molar-refractivity contribution is -0.138. The highest BCUT2D eigenvalue weighted by molar-refractivity contribution is 6.36. The van der Waals surface area contributed by atoms with Crippen LogP contribution in [0.25, 0.3) is 28.1 Å². The van der Waals surface area contributed by atoms with Crippen LogP contribution in [0, 0.1) is 0 Å². The molecule has 0 saturated heterocycles. The Morgan fingerprint density at radius 3 is 2.16 bits per heavy atom. The highest BCUT2D eigenvalue weighted by Gasteiger charge is 2.15. The van der Waals surface area contributed by atoms with Crippen LogP contribution in [-0.2, 0) is 22.4 Å². The van der Waals surface area contributed by atoms with E-state index >= 15 is 0 Å². The summed E-state index contributed by atoms with van der Waals surface area (Å²) in [5.74, 6) is 0.552. The molecule has 4 aromatic carbocycles. The largest absolute Gasteiger partial charge is 0.468 e. The van der Waals surface area contributed by atoms with Gasteiger partial charge in [-0.15, -0.1) is 0 Å². The number of carbonyl (C=O) groups is 1. The summed E-state index contributed by atoms with van der Waals surface area (Å²) in [6.45, 7) is 2.34. The number of unbranched alkanes of at least 4 members (excludes halogenated alkanes) is 2. The molecule has 5 nitrogen and oxygen atoms in total. The number of nitrogens with one attached hydrogen (secondary N) is 1. The SMILES string of the molecule is CCCCCc1ccc(-c2ccc(Cc3nc(-c4ccc(Cl)cc4Cl)cn3-c3ccc(NCC(=O)OC)cc3)cc2)cc1. The molecule has 0 fully saturated rings. The van der Waals surface area contributed by atoms with Gasteiger partial charge in [0.05, 0.1) is 17.8 Å². The number of ether oxygens (including phenoxy) is 1. The molecule has 0 spiro atoms. The van der Waals surface area contributed by atoms with Crippen molar-refractivity contribution < 1.29 is 9.53 Å². The molecule has 5 aromatic rings. The molecule has 0 bridgehead atoms. The first-order chi connectivity index (χ1) is 20.9. The molecule has 1 aromatic heterocycles. The number of aromatic nitrogens is 2. The van der Waals surface area contributed by atoms with E-state index < -0.39 is 0 Å². The summed E-state index contributed by atoms with van der Waals surface area (Å²) in [6, 6.07) is 30.9. The summed E-state index contributed by atoms with van der Waals surface area (Å²) in [5, 5.41) is 4.20. The third-order valence-electron chi connectivity index (χ3n) is 7.47. The molecule has 0 saturated carbocycles. The molecule has 1 heterocycles. The Kier molecular flexibility index (Phi) is 10.2. The number of rotatable bonds is 12. The highest BCUT2D eigenvalue weighted by atomic mass is 35.5. The quantitative estimate of drug-likeness (QED) is 0.113. The summed E-state index contributed by atoms with van der Waals surface area (Å²) in [5.41, 5.74) is 8.29. The van der Waals surface area contributed by atoms with E-state index in [1.807, 2.05) is 42.6 Å². The third-order valence-corrected chi connectivity index (χ3v) is 8.02. The molecule has 0 aliphatic carbocycles. The second kappa shape index (κ2) is 14.4. The van der Waals surface area contributed by atoms with Crippen LogP contribution in [-0.4, -0.2) is 29.2 Å². The zero-order valence-electron chi connectivity index (χ0n) is 24.4. The summed E-state index contributed by atoms with van der Waals surface area (Å²) < 4.78 is 6.80. The Morgan fingerprint density at radius 1 is 0.860 bits per heavy atom. The molecule has 0 unspecified atom stereocenters. The second-order valence-corrected chi connectivity index (χ2v) is 11.4. The fraction of sp³-hybridized carbons (Fsp3) is 0.222. The lowest BCUT2D eigenvalue weighted by Crippen LogP contribution is -2.14. The van der Waals surface area contributed by atoms with Gasteiger partial charge >= 0.3 is 5.97 Å². The van der Waals surface area contributed by atoms with E-state index in [0.717, 1.165) is 40.4 Å². The zero-order valence-corrected chi connectivity index (χ0v) is 26.0. The van der Waals surface area contributed by atoms with Crippen molar-refractivity contribution in [2.75, 3.05) is 19.0 Å². The van der Waals surface area contributed by atoms with Gasteiger partial charge in [0.25, 0.3) is 0 Å². The van der Waals surface area contributed by atoms with Crippen molar-refractivity contribution >= 4 is 34.9 Å². The Hall–Kier alpha value is -4.06. The van der Waals surface area contributed by atoms with E-state index in [-0.39, 0.29) is 12.5 Å². The predicted octanol–water partition coefficient (Wildman–Crippen LogP) is 9.42. The molecule has 0 radical (unpaired) electrons. The monoisotopic (exact) mass is 611 g/mol. The smallest absolute Gasteiger partial charge is 0.325 e. The van der Waals surface area contributed by atoms with Crippen LogP contribution in [0.1, 0.15) is 43.1 Å². The highest BCUT2D eigenvalue weighted by Crippen LogP contribution is 2.32. The Labute approximate surface area is 263 Å². The number of hydrogen-bond acceptors (Lipinski definition) is 4. The molecule has 0 atom stereocenters. The van der Waals surface area contributed by atoms with E-state index in [1.54, 1.807) is 6.07 Å². The number of methoxy groups -OCH3 is 1. The standard InChI is InChI=1S/C36H35Cl2N3O2/c1-3-4-5-6-25-7-11-27(12-8-25)28-13-9-26(10-14-28)21-35-40-34(32-20-15-29(37)22-33(32)38)24-41(35)31-18-16-30(17-19-31)39-23-36(42)43-2/h7-20,22,24,39H,3-6,21,23H2,1-2H3. The average molecular weight is 613 g/mol. The number of esters is 1. The predicted molar refractivity (Wildman–Crippen MR) is 177 cm³/mol. The van der Waals surface area contributed by atoms with Gasteiger partial charge in [0.15, 0.2) is 0 Å². The first kappa shape index (κ1) is 30.4. The van der Waals surface area contributed by atoms with E-state index in [1.165, 1.54) is 43.1 Å². The van der Waals surface area contributed by atoms with Gasteiger partial charge < -0.3 is 14.6 Å². The van der Waals surface area contributed by atoms with Gasteiger partial charge in [-0.2, -0.15) is 0 Å². The summed E-state index contributed by atoms with van der Waals surface area (Å²) in [7, 11) is 1.37. The maximum absolute atomic E-state index is 11.5. The number of anilines is 1. The van der Waals surface area contributed by atoms with Crippen LogP contribution in [0.15, 0.2) is 97.2 Å². The molecule has 43 heavy (non-hydrogen) atoms. The van der Waals surface area contributed by atoms with Crippen molar-refractivity contribution in [3.05, 3.63) is 124 Å². The Bertz CT molecular complexity index is 1660. The Morgan fingerprint density at radius 2 is 1.53 bits per heavy atom. The number of halogens is 2. The van der Waals surface area contributed by atoms with Gasteiger partial charge in [-0.25, -0.2) is 4.98 Å². The van der Waals surface area contributed by atoms with Crippen LogP contribution < -0.4 is 5.32 Å². The number of imidazole rings is 1. The first-order valence-electron chi connectivity index (χ1n) is 14.6. The van der Waals surface area contributed by atoms with Crippen LogP contribution in [0.4, 0.5) is 5.69 Å². The molecule has 7 heteroatoms. The molecular formula is C36H35Cl2N3O2. The van der Waals surface area contributed by atoms with E-state index in [2.05, 4.69) is 65.3 Å². The van der Waals surface area contributed by atoms with Gasteiger partial charge in [-0.1, -0.05) is 91.5 Å². The third kappa shape index (κ3) is 7.86. The number of aryl methyl sites for hydroxylation is 1. The molecular weight excluding hydrogens is 577 g/mol. The van der Waals surface area contributed by atoms with E-state index in [4.69, 9.17) is 32.9 Å². The molecule has 220 valence electrons. The first-order valence-corrected chi connectivity index (χ1v) is 15.3. The van der Waals surface area contributed by atoms with Crippen molar-refractivity contribution in [3.8, 4) is 28.1 Å². The minimum absolute atomic E-state index is 0.102. The fourth-order valence-corrected chi connectivity index (χ4v) is 5.53. The molecule has 0 amide bonds. The lowest BCUT2D eigenvalue weighted by atomic mass is 10.00. The summed E-state index contributed by atoms with van der Waals surface area (Å²) >= 11 is 12.7. The lowest BCUT2D eigenvalue weighted by Gasteiger charge is -2.11. The molecule has 5 rings (SSSR count). The van der Waals surface area contributed by atoms with Gasteiger partial charge in [-0.05, 0) is 77.6 Å². The van der Waals surface area contributed by atoms with Gasteiger partial charge in [0, 0.05) is 34.6 Å². The van der Waals surface area contributed by atoms with Gasteiger partial charge in [0.1, 0.15) is 12.4 Å². The topological polar surface area (TPSA) is 56.2 Å². The molecule has 0 aliphatic heterocycles. The van der Waals surface area contributed by atoms with E-state index in [0.29, 0.717) is 16.5 Å². The maximum Gasteiger partial charge on any atom is 0.325 e.